The standard InChI is InChI=1S/C13H19NO4Si/c1-17-11-7-5-10(6-8-11)13(16)14-9-12(15)18-19(2,3)4/h5-8H,9H2,1-4H3,(H,14,16). The first-order chi connectivity index (χ1) is 8.81. The highest BCUT2D eigenvalue weighted by Gasteiger charge is 2.20. The number of hydrogen-bond acceptors (Lipinski definition) is 4. The van der Waals surface area contributed by atoms with Crippen LogP contribution in [0.15, 0.2) is 24.3 Å². The fourth-order valence-corrected chi connectivity index (χ4v) is 2.13. The van der Waals surface area contributed by atoms with Gasteiger partial charge in [0.2, 0.25) is 8.32 Å². The maximum absolute atomic E-state index is 11.8. The molecule has 0 heterocycles. The molecule has 0 aliphatic rings. The Kier molecular flexibility index (Phi) is 5.11. The second kappa shape index (κ2) is 6.37. The Hall–Kier alpha value is -1.82. The molecule has 1 rings (SSSR count). The first-order valence-electron chi connectivity index (χ1n) is 5.96. The second-order valence-electron chi connectivity index (χ2n) is 5.00. The maximum atomic E-state index is 11.8. The zero-order valence-corrected chi connectivity index (χ0v) is 12.6. The lowest BCUT2D eigenvalue weighted by atomic mass is 10.2. The van der Waals surface area contributed by atoms with E-state index in [0.29, 0.717) is 11.3 Å². The van der Waals surface area contributed by atoms with E-state index in [1.807, 2.05) is 19.6 Å². The summed E-state index contributed by atoms with van der Waals surface area (Å²) in [5.41, 5.74) is 0.474. The number of ether oxygens (including phenoxy) is 1. The lowest BCUT2D eigenvalue weighted by molar-refractivity contribution is -0.133. The van der Waals surface area contributed by atoms with Crippen LogP contribution in [0.4, 0.5) is 0 Å². The minimum absolute atomic E-state index is 0.116. The zero-order valence-electron chi connectivity index (χ0n) is 11.6. The molecule has 5 nitrogen and oxygen atoms in total. The van der Waals surface area contributed by atoms with Gasteiger partial charge in [-0.3, -0.25) is 9.59 Å². The van der Waals surface area contributed by atoms with Crippen molar-refractivity contribution in [1.82, 2.24) is 5.32 Å². The highest BCUT2D eigenvalue weighted by molar-refractivity contribution is 6.71. The van der Waals surface area contributed by atoms with Gasteiger partial charge in [0.25, 0.3) is 5.91 Å². The fraction of sp³-hybridized carbons (Fsp3) is 0.385. The number of methoxy groups -OCH3 is 1. The smallest absolute Gasteiger partial charge is 0.312 e. The van der Waals surface area contributed by atoms with Crippen molar-refractivity contribution in [2.75, 3.05) is 13.7 Å². The molecule has 0 aromatic heterocycles. The quantitative estimate of drug-likeness (QED) is 0.836. The van der Waals surface area contributed by atoms with Gasteiger partial charge in [-0.25, -0.2) is 0 Å². The van der Waals surface area contributed by atoms with E-state index in [1.54, 1.807) is 31.4 Å². The van der Waals surface area contributed by atoms with Crippen molar-refractivity contribution in [3.63, 3.8) is 0 Å². The van der Waals surface area contributed by atoms with Crippen LogP contribution < -0.4 is 10.1 Å². The van der Waals surface area contributed by atoms with Crippen molar-refractivity contribution in [3.05, 3.63) is 29.8 Å². The van der Waals surface area contributed by atoms with Gasteiger partial charge in [-0.2, -0.15) is 0 Å². The number of benzene rings is 1. The van der Waals surface area contributed by atoms with Gasteiger partial charge in [-0.05, 0) is 43.9 Å². The van der Waals surface area contributed by atoms with Gasteiger partial charge in [-0.15, -0.1) is 0 Å². The molecule has 0 spiro atoms. The van der Waals surface area contributed by atoms with Crippen LogP contribution in [-0.2, 0) is 9.22 Å². The molecule has 0 saturated heterocycles. The molecule has 1 N–H and O–H groups in total. The molecule has 19 heavy (non-hydrogen) atoms. The van der Waals surface area contributed by atoms with E-state index in [1.165, 1.54) is 0 Å². The molecule has 104 valence electrons. The molecule has 0 aliphatic heterocycles. The van der Waals surface area contributed by atoms with Gasteiger partial charge < -0.3 is 14.5 Å². The lowest BCUT2D eigenvalue weighted by Gasteiger charge is -2.17. The zero-order chi connectivity index (χ0) is 14.5. The van der Waals surface area contributed by atoms with E-state index in [9.17, 15) is 9.59 Å². The van der Waals surface area contributed by atoms with Gasteiger partial charge in [0, 0.05) is 5.56 Å². The van der Waals surface area contributed by atoms with Crippen LogP contribution in [0.25, 0.3) is 0 Å². The summed E-state index contributed by atoms with van der Waals surface area (Å²) in [6.07, 6.45) is 0. The Morgan fingerprint density at radius 1 is 1.16 bits per heavy atom. The van der Waals surface area contributed by atoms with Crippen molar-refractivity contribution in [3.8, 4) is 5.75 Å². The molecule has 0 aliphatic carbocycles. The normalized spacial score (nSPS) is 10.7. The van der Waals surface area contributed by atoms with E-state index in [0.717, 1.165) is 0 Å². The minimum Gasteiger partial charge on any atom is -0.519 e. The average molecular weight is 281 g/mol. The summed E-state index contributed by atoms with van der Waals surface area (Å²) < 4.78 is 10.2. The van der Waals surface area contributed by atoms with Crippen LogP contribution >= 0.6 is 0 Å². The summed E-state index contributed by atoms with van der Waals surface area (Å²) in [6, 6.07) is 6.65. The summed E-state index contributed by atoms with van der Waals surface area (Å²) in [7, 11) is -0.344. The molecular weight excluding hydrogens is 262 g/mol. The van der Waals surface area contributed by atoms with Crippen LogP contribution in [0.3, 0.4) is 0 Å². The summed E-state index contributed by atoms with van der Waals surface area (Å²) in [6.45, 7) is 5.62. The maximum Gasteiger partial charge on any atom is 0.312 e. The fourth-order valence-electron chi connectivity index (χ4n) is 1.37. The number of rotatable bonds is 5. The monoisotopic (exact) mass is 281 g/mol. The molecule has 0 saturated carbocycles. The van der Waals surface area contributed by atoms with E-state index in [-0.39, 0.29) is 12.5 Å². The van der Waals surface area contributed by atoms with Crippen molar-refractivity contribution in [2.45, 2.75) is 19.6 Å². The molecule has 0 unspecified atom stereocenters. The third-order valence-corrected chi connectivity index (χ3v) is 3.01. The van der Waals surface area contributed by atoms with Gasteiger partial charge in [-0.1, -0.05) is 0 Å². The predicted molar refractivity (Wildman–Crippen MR) is 74.8 cm³/mol. The van der Waals surface area contributed by atoms with Crippen LogP contribution in [0.5, 0.6) is 5.75 Å². The first-order valence-corrected chi connectivity index (χ1v) is 9.37. The van der Waals surface area contributed by atoms with E-state index >= 15 is 0 Å². The first kappa shape index (κ1) is 15.2. The van der Waals surface area contributed by atoms with E-state index in [2.05, 4.69) is 5.32 Å². The Balaban J connectivity index is 2.49. The molecular formula is C13H19NO4Si. The number of nitrogens with one attached hydrogen (secondary N) is 1. The van der Waals surface area contributed by atoms with Crippen molar-refractivity contribution >= 4 is 20.2 Å². The Bertz CT molecular complexity index is 451. The summed E-state index contributed by atoms with van der Waals surface area (Å²) in [5.74, 6) is -0.0362. The Morgan fingerprint density at radius 2 is 1.74 bits per heavy atom. The van der Waals surface area contributed by atoms with Gasteiger partial charge in [0.15, 0.2) is 0 Å². The molecule has 1 aromatic carbocycles. The van der Waals surface area contributed by atoms with Crippen LogP contribution in [0.2, 0.25) is 19.6 Å². The SMILES string of the molecule is COc1ccc(C(=O)NCC(=O)O[Si](C)(C)C)cc1. The summed E-state index contributed by atoms with van der Waals surface area (Å²) in [4.78, 5) is 23.2. The van der Waals surface area contributed by atoms with Gasteiger partial charge in [0.05, 0.1) is 7.11 Å². The third-order valence-electron chi connectivity index (χ3n) is 2.17. The highest BCUT2D eigenvalue weighted by atomic mass is 28.4. The van der Waals surface area contributed by atoms with Crippen molar-refractivity contribution in [1.29, 1.82) is 0 Å². The van der Waals surface area contributed by atoms with E-state index < -0.39 is 14.3 Å². The van der Waals surface area contributed by atoms with E-state index in [4.69, 9.17) is 9.16 Å². The molecule has 0 atom stereocenters. The molecule has 0 fully saturated rings. The molecule has 1 aromatic rings. The predicted octanol–water partition coefficient (Wildman–Crippen LogP) is 1.80. The lowest BCUT2D eigenvalue weighted by Crippen LogP contribution is -2.36. The number of carbonyl (C=O) groups is 2. The van der Waals surface area contributed by atoms with Crippen LogP contribution in [-0.4, -0.2) is 33.8 Å². The number of hydrogen-bond donors (Lipinski definition) is 1. The van der Waals surface area contributed by atoms with Crippen LogP contribution in [0, 0.1) is 0 Å². The van der Waals surface area contributed by atoms with Crippen LogP contribution in [0.1, 0.15) is 10.4 Å². The second-order valence-corrected chi connectivity index (χ2v) is 9.43. The average Bonchev–Trinajstić information content (AvgIpc) is 2.34. The molecule has 6 heteroatoms. The van der Waals surface area contributed by atoms with Gasteiger partial charge in [0.1, 0.15) is 12.3 Å². The number of amides is 1. The molecule has 1 amide bonds. The molecule has 0 radical (unpaired) electrons. The molecule has 0 bridgehead atoms. The van der Waals surface area contributed by atoms with Crippen molar-refractivity contribution in [2.24, 2.45) is 0 Å². The minimum atomic E-state index is -1.90. The summed E-state index contributed by atoms with van der Waals surface area (Å²) in [5, 5.41) is 2.53. The number of carbonyl (C=O) groups excluding carboxylic acids is 2. The van der Waals surface area contributed by atoms with Crippen molar-refractivity contribution < 1.29 is 18.8 Å². The Labute approximate surface area is 114 Å². The van der Waals surface area contributed by atoms with Gasteiger partial charge >= 0.3 is 5.97 Å². The topological polar surface area (TPSA) is 64.6 Å². The Morgan fingerprint density at radius 3 is 2.21 bits per heavy atom. The summed E-state index contributed by atoms with van der Waals surface area (Å²) >= 11 is 0. The third kappa shape index (κ3) is 5.56. The highest BCUT2D eigenvalue weighted by Crippen LogP contribution is 2.11. The largest absolute Gasteiger partial charge is 0.519 e.